The summed E-state index contributed by atoms with van der Waals surface area (Å²) in [6, 6.07) is 0. The average molecular weight is 421 g/mol. The highest BCUT2D eigenvalue weighted by Gasteiger charge is 2.61. The van der Waals surface area contributed by atoms with Crippen LogP contribution in [0.3, 0.4) is 0 Å². The molecular formula is C21H28N2O3S2. The molecule has 0 aromatic carbocycles. The Morgan fingerprint density at radius 3 is 2.79 bits per heavy atom. The van der Waals surface area contributed by atoms with Crippen molar-refractivity contribution in [2.24, 2.45) is 23.2 Å². The second kappa shape index (κ2) is 7.33. The molecule has 152 valence electrons. The molecule has 2 unspecified atom stereocenters. The highest BCUT2D eigenvalue weighted by atomic mass is 32.2. The summed E-state index contributed by atoms with van der Waals surface area (Å²) in [5, 5.41) is 7.01. The van der Waals surface area contributed by atoms with Gasteiger partial charge in [-0.3, -0.25) is 9.59 Å². The SMILES string of the molecule is CSCCNC(=O)c1c(NC(=O)C23CC4CC(CC2C4)C3)sc2c1CCOC2. The van der Waals surface area contributed by atoms with E-state index >= 15 is 0 Å². The van der Waals surface area contributed by atoms with E-state index in [1.807, 2.05) is 6.26 Å². The first-order valence-corrected chi connectivity index (χ1v) is 12.6. The lowest BCUT2D eigenvalue weighted by molar-refractivity contribution is -0.127. The van der Waals surface area contributed by atoms with Crippen LogP contribution >= 0.6 is 23.1 Å². The predicted octanol–water partition coefficient (Wildman–Crippen LogP) is 3.68. The lowest BCUT2D eigenvalue weighted by atomic mass is 9.75. The minimum atomic E-state index is -0.179. The van der Waals surface area contributed by atoms with Crippen molar-refractivity contribution in [2.75, 3.05) is 30.5 Å². The van der Waals surface area contributed by atoms with Gasteiger partial charge in [0.2, 0.25) is 5.91 Å². The van der Waals surface area contributed by atoms with Gasteiger partial charge in [-0.25, -0.2) is 0 Å². The summed E-state index contributed by atoms with van der Waals surface area (Å²) in [6.45, 7) is 1.82. The Morgan fingerprint density at radius 1 is 1.25 bits per heavy atom. The zero-order chi connectivity index (χ0) is 19.3. The summed E-state index contributed by atoms with van der Waals surface area (Å²) in [5.41, 5.74) is 1.58. The van der Waals surface area contributed by atoms with Crippen LogP contribution in [0, 0.1) is 23.2 Å². The van der Waals surface area contributed by atoms with Crippen molar-refractivity contribution in [3.05, 3.63) is 16.0 Å². The number of anilines is 1. The van der Waals surface area contributed by atoms with Crippen molar-refractivity contribution in [3.63, 3.8) is 0 Å². The molecule has 28 heavy (non-hydrogen) atoms. The highest BCUT2D eigenvalue weighted by Crippen LogP contribution is 2.65. The number of hydrogen-bond acceptors (Lipinski definition) is 5. The van der Waals surface area contributed by atoms with Gasteiger partial charge in [0.25, 0.3) is 5.91 Å². The van der Waals surface area contributed by atoms with Crippen LogP contribution in [0.2, 0.25) is 0 Å². The smallest absolute Gasteiger partial charge is 0.254 e. The Bertz CT molecular complexity index is 792. The second-order valence-electron chi connectivity index (χ2n) is 8.91. The molecule has 2 amide bonds. The van der Waals surface area contributed by atoms with Gasteiger partial charge in [0, 0.05) is 17.2 Å². The summed E-state index contributed by atoms with van der Waals surface area (Å²) < 4.78 is 5.60. The molecule has 6 rings (SSSR count). The number of fused-ring (bicyclic) bond motifs is 1. The van der Waals surface area contributed by atoms with Crippen LogP contribution in [-0.4, -0.2) is 37.0 Å². The predicted molar refractivity (Wildman–Crippen MR) is 113 cm³/mol. The van der Waals surface area contributed by atoms with E-state index in [1.165, 1.54) is 30.6 Å². The van der Waals surface area contributed by atoms with E-state index in [2.05, 4.69) is 10.6 Å². The number of thiophene rings is 1. The molecule has 0 radical (unpaired) electrons. The molecule has 4 fully saturated rings. The maximum absolute atomic E-state index is 13.5. The van der Waals surface area contributed by atoms with Crippen molar-refractivity contribution in [3.8, 4) is 0 Å². The number of carbonyl (C=O) groups is 2. The zero-order valence-corrected chi connectivity index (χ0v) is 18.0. The Morgan fingerprint density at radius 2 is 2.04 bits per heavy atom. The monoisotopic (exact) mass is 420 g/mol. The first-order chi connectivity index (χ1) is 13.6. The van der Waals surface area contributed by atoms with Gasteiger partial charge in [-0.1, -0.05) is 0 Å². The van der Waals surface area contributed by atoms with Gasteiger partial charge in [0.05, 0.1) is 24.2 Å². The van der Waals surface area contributed by atoms with Gasteiger partial charge in [-0.05, 0) is 68.1 Å². The van der Waals surface area contributed by atoms with E-state index in [0.717, 1.165) is 52.3 Å². The molecule has 1 aromatic heterocycles. The molecule has 1 aromatic rings. The van der Waals surface area contributed by atoms with Crippen LogP contribution in [0.5, 0.6) is 0 Å². The highest BCUT2D eigenvalue weighted by molar-refractivity contribution is 7.98. The third kappa shape index (κ3) is 3.01. The summed E-state index contributed by atoms with van der Waals surface area (Å²) >= 11 is 3.25. The quantitative estimate of drug-likeness (QED) is 0.689. The van der Waals surface area contributed by atoms with Crippen LogP contribution in [-0.2, 0) is 22.6 Å². The average Bonchev–Trinajstić information content (AvgIpc) is 3.25. The van der Waals surface area contributed by atoms with E-state index in [9.17, 15) is 9.59 Å². The van der Waals surface area contributed by atoms with Crippen molar-refractivity contribution < 1.29 is 14.3 Å². The van der Waals surface area contributed by atoms with Crippen LogP contribution in [0.25, 0.3) is 0 Å². The van der Waals surface area contributed by atoms with Gasteiger partial charge >= 0.3 is 0 Å². The number of ether oxygens (including phenoxy) is 1. The number of nitrogens with one attached hydrogen (secondary N) is 2. The minimum Gasteiger partial charge on any atom is -0.376 e. The van der Waals surface area contributed by atoms with Gasteiger partial charge in [-0.15, -0.1) is 11.3 Å². The topological polar surface area (TPSA) is 67.4 Å². The first-order valence-electron chi connectivity index (χ1n) is 10.4. The van der Waals surface area contributed by atoms with Crippen LogP contribution in [0.1, 0.15) is 52.9 Å². The molecule has 1 aliphatic heterocycles. The van der Waals surface area contributed by atoms with E-state index in [4.69, 9.17) is 4.74 Å². The standard InChI is InChI=1S/C21H28N2O3S2/c1-27-5-3-22-18(24)17-15-2-4-26-11-16(15)28-19(17)23-20(25)21-9-12-6-13(10-21)8-14(21)7-12/h12-14H,2-11H2,1H3,(H,22,24)(H,23,25). The van der Waals surface area contributed by atoms with E-state index in [1.54, 1.807) is 11.8 Å². The van der Waals surface area contributed by atoms with Crippen molar-refractivity contribution >= 4 is 39.9 Å². The molecule has 0 spiro atoms. The summed E-state index contributed by atoms with van der Waals surface area (Å²) in [7, 11) is 0. The number of amides is 2. The van der Waals surface area contributed by atoms with Crippen LogP contribution < -0.4 is 10.6 Å². The lowest BCUT2D eigenvalue weighted by Crippen LogP contribution is -2.38. The fraction of sp³-hybridized carbons (Fsp3) is 0.714. The van der Waals surface area contributed by atoms with E-state index < -0.39 is 0 Å². The van der Waals surface area contributed by atoms with Crippen molar-refractivity contribution in [1.29, 1.82) is 0 Å². The molecule has 0 saturated heterocycles. The molecule has 4 saturated carbocycles. The first kappa shape index (κ1) is 18.9. The molecule has 4 aliphatic carbocycles. The van der Waals surface area contributed by atoms with Crippen LogP contribution in [0.15, 0.2) is 0 Å². The molecule has 7 heteroatoms. The number of carbonyl (C=O) groups excluding carboxylic acids is 2. The van der Waals surface area contributed by atoms with Crippen molar-refractivity contribution in [2.45, 2.75) is 45.1 Å². The van der Waals surface area contributed by atoms with Gasteiger partial charge in [0.15, 0.2) is 0 Å². The second-order valence-corrected chi connectivity index (χ2v) is 11.0. The number of thioether (sulfide) groups is 1. The van der Waals surface area contributed by atoms with E-state index in [0.29, 0.717) is 31.2 Å². The lowest BCUT2D eigenvalue weighted by Gasteiger charge is -2.31. The molecule has 5 nitrogen and oxygen atoms in total. The van der Waals surface area contributed by atoms with Crippen molar-refractivity contribution in [1.82, 2.24) is 5.32 Å². The molecule has 2 heterocycles. The third-order valence-corrected chi connectivity index (χ3v) is 9.04. The van der Waals surface area contributed by atoms with E-state index in [-0.39, 0.29) is 17.2 Å². The maximum atomic E-state index is 13.5. The fourth-order valence-corrected chi connectivity index (χ4v) is 7.79. The molecule has 2 N–H and O–H groups in total. The summed E-state index contributed by atoms with van der Waals surface area (Å²) in [5.74, 6) is 3.02. The molecular weight excluding hydrogens is 392 g/mol. The number of rotatable bonds is 6. The minimum absolute atomic E-state index is 0.0570. The summed E-state index contributed by atoms with van der Waals surface area (Å²) in [4.78, 5) is 27.5. The van der Waals surface area contributed by atoms with Gasteiger partial charge < -0.3 is 15.4 Å². The Balaban J connectivity index is 1.41. The Labute approximate surface area is 174 Å². The largest absolute Gasteiger partial charge is 0.376 e. The Hall–Kier alpha value is -1.05. The van der Waals surface area contributed by atoms with Gasteiger partial charge in [-0.2, -0.15) is 11.8 Å². The third-order valence-electron chi connectivity index (χ3n) is 7.31. The normalized spacial score (nSPS) is 32.4. The van der Waals surface area contributed by atoms with Crippen LogP contribution in [0.4, 0.5) is 5.00 Å². The fourth-order valence-electron chi connectivity index (χ4n) is 6.31. The Kier molecular flexibility index (Phi) is 4.96. The molecule has 5 aliphatic rings. The number of hydrogen-bond donors (Lipinski definition) is 2. The zero-order valence-electron chi connectivity index (χ0n) is 16.3. The molecule has 2 atom stereocenters. The molecule has 4 bridgehead atoms. The van der Waals surface area contributed by atoms with Gasteiger partial charge in [0.1, 0.15) is 5.00 Å². The maximum Gasteiger partial charge on any atom is 0.254 e. The summed E-state index contributed by atoms with van der Waals surface area (Å²) in [6.07, 6.45) is 8.63.